The first-order valence-corrected chi connectivity index (χ1v) is 7.67. The number of imidazole rings is 1. The minimum absolute atomic E-state index is 0.00151. The second kappa shape index (κ2) is 5.39. The Labute approximate surface area is 133 Å². The second-order valence-corrected chi connectivity index (χ2v) is 6.25. The van der Waals surface area contributed by atoms with Gasteiger partial charge in [0, 0.05) is 0 Å². The molecular formula is C16H16Cl2N2O. The number of hydrogen-bond donors (Lipinski definition) is 0. The molecule has 21 heavy (non-hydrogen) atoms. The highest BCUT2D eigenvalue weighted by molar-refractivity contribution is 6.35. The van der Waals surface area contributed by atoms with Crippen molar-refractivity contribution in [1.29, 1.82) is 0 Å². The van der Waals surface area contributed by atoms with Gasteiger partial charge in [0.05, 0.1) is 22.0 Å². The van der Waals surface area contributed by atoms with Crippen molar-refractivity contribution < 1.29 is 4.42 Å². The van der Waals surface area contributed by atoms with Crippen LogP contribution < -0.4 is 0 Å². The van der Waals surface area contributed by atoms with Gasteiger partial charge in [0.25, 0.3) is 0 Å². The van der Waals surface area contributed by atoms with Crippen LogP contribution in [0, 0.1) is 6.92 Å². The summed E-state index contributed by atoms with van der Waals surface area (Å²) < 4.78 is 7.85. The molecule has 0 saturated carbocycles. The maximum Gasteiger partial charge on any atom is 0.128 e. The highest BCUT2D eigenvalue weighted by Gasteiger charge is 2.22. The largest absolute Gasteiger partial charge is 0.464 e. The molecule has 3 nitrogen and oxygen atoms in total. The third-order valence-corrected chi connectivity index (χ3v) is 4.11. The topological polar surface area (TPSA) is 31.0 Å². The Morgan fingerprint density at radius 3 is 2.57 bits per heavy atom. The zero-order chi connectivity index (χ0) is 15.1. The van der Waals surface area contributed by atoms with E-state index in [1.54, 1.807) is 0 Å². The molecule has 0 fully saturated rings. The van der Waals surface area contributed by atoms with Gasteiger partial charge in [-0.05, 0) is 45.0 Å². The first-order valence-electron chi connectivity index (χ1n) is 6.85. The third-order valence-electron chi connectivity index (χ3n) is 3.61. The normalized spacial score (nSPS) is 14.5. The van der Waals surface area contributed by atoms with Gasteiger partial charge < -0.3 is 8.98 Å². The van der Waals surface area contributed by atoms with Crippen molar-refractivity contribution in [3.8, 4) is 0 Å². The summed E-state index contributed by atoms with van der Waals surface area (Å²) in [4.78, 5) is 4.62. The molecule has 110 valence electrons. The summed E-state index contributed by atoms with van der Waals surface area (Å²) in [6, 6.07) is 9.71. The summed E-state index contributed by atoms with van der Waals surface area (Å²) in [5, 5.41) is 0.416. The van der Waals surface area contributed by atoms with Crippen LogP contribution in [0.3, 0.4) is 0 Å². The molecule has 3 rings (SSSR count). The number of benzene rings is 1. The molecule has 0 N–H and O–H groups in total. The number of hydrogen-bond acceptors (Lipinski definition) is 2. The number of furan rings is 1. The Kier molecular flexibility index (Phi) is 3.72. The minimum atomic E-state index is -0.216. The zero-order valence-corrected chi connectivity index (χ0v) is 13.6. The van der Waals surface area contributed by atoms with Crippen molar-refractivity contribution >= 4 is 34.2 Å². The summed E-state index contributed by atoms with van der Waals surface area (Å²) >= 11 is 12.6. The number of fused-ring (bicyclic) bond motifs is 1. The van der Waals surface area contributed by atoms with Crippen LogP contribution in [-0.4, -0.2) is 9.55 Å². The molecule has 0 radical (unpaired) electrons. The van der Waals surface area contributed by atoms with Crippen LogP contribution in [0.2, 0.25) is 5.02 Å². The molecule has 0 aliphatic heterocycles. The van der Waals surface area contributed by atoms with Crippen LogP contribution >= 0.6 is 23.2 Å². The minimum Gasteiger partial charge on any atom is -0.464 e. The predicted molar refractivity (Wildman–Crippen MR) is 86.3 cm³/mol. The molecule has 2 atom stereocenters. The van der Waals surface area contributed by atoms with Crippen LogP contribution in [0.25, 0.3) is 11.0 Å². The first-order chi connectivity index (χ1) is 9.99. The van der Waals surface area contributed by atoms with E-state index in [2.05, 4.69) is 16.5 Å². The van der Waals surface area contributed by atoms with E-state index >= 15 is 0 Å². The molecule has 2 aromatic heterocycles. The lowest BCUT2D eigenvalue weighted by Gasteiger charge is -2.16. The quantitative estimate of drug-likeness (QED) is 0.596. The Morgan fingerprint density at radius 1 is 1.19 bits per heavy atom. The number of rotatable bonds is 3. The molecule has 0 aliphatic rings. The van der Waals surface area contributed by atoms with E-state index in [1.165, 1.54) is 0 Å². The highest BCUT2D eigenvalue weighted by atomic mass is 35.5. The molecular weight excluding hydrogens is 307 g/mol. The van der Waals surface area contributed by atoms with Crippen molar-refractivity contribution in [3.63, 3.8) is 0 Å². The van der Waals surface area contributed by atoms with Gasteiger partial charge in [-0.2, -0.15) is 0 Å². The first kappa shape index (κ1) is 14.5. The number of nitrogens with zero attached hydrogens (tertiary/aromatic N) is 2. The van der Waals surface area contributed by atoms with Gasteiger partial charge in [0.2, 0.25) is 0 Å². The molecule has 0 amide bonds. The Morgan fingerprint density at radius 2 is 1.95 bits per heavy atom. The van der Waals surface area contributed by atoms with Gasteiger partial charge in [-0.3, -0.25) is 0 Å². The van der Waals surface area contributed by atoms with Crippen LogP contribution in [0.1, 0.15) is 42.6 Å². The second-order valence-electron chi connectivity index (χ2n) is 5.19. The van der Waals surface area contributed by atoms with Crippen molar-refractivity contribution in [2.45, 2.75) is 32.2 Å². The number of halogens is 2. The van der Waals surface area contributed by atoms with E-state index in [0.29, 0.717) is 5.02 Å². The summed E-state index contributed by atoms with van der Waals surface area (Å²) in [7, 11) is 0. The van der Waals surface area contributed by atoms with E-state index in [9.17, 15) is 0 Å². The number of para-hydroxylation sites is 1. The summed E-state index contributed by atoms with van der Waals surface area (Å²) in [6.45, 7) is 5.92. The predicted octanol–water partition coefficient (Wildman–Crippen LogP) is 5.50. The molecule has 1 aromatic carbocycles. The molecule has 5 heteroatoms. The van der Waals surface area contributed by atoms with Gasteiger partial charge in [-0.15, -0.1) is 11.6 Å². The van der Waals surface area contributed by atoms with Crippen molar-refractivity contribution in [2.75, 3.05) is 0 Å². The molecule has 2 heterocycles. The van der Waals surface area contributed by atoms with Crippen LogP contribution in [0.15, 0.2) is 34.7 Å². The Hall–Kier alpha value is -1.45. The Balaban J connectivity index is 2.24. The van der Waals surface area contributed by atoms with Gasteiger partial charge in [0.15, 0.2) is 0 Å². The van der Waals surface area contributed by atoms with Crippen LogP contribution in [0.4, 0.5) is 0 Å². The maximum atomic E-state index is 6.31. The average molecular weight is 323 g/mol. The lowest BCUT2D eigenvalue weighted by Crippen LogP contribution is -2.10. The van der Waals surface area contributed by atoms with Crippen LogP contribution in [-0.2, 0) is 0 Å². The lowest BCUT2D eigenvalue weighted by atomic mass is 10.2. The molecule has 3 aromatic rings. The molecule has 0 bridgehead atoms. The summed E-state index contributed by atoms with van der Waals surface area (Å²) in [5.74, 6) is 2.56. The van der Waals surface area contributed by atoms with Crippen molar-refractivity contribution in [2.24, 2.45) is 0 Å². The van der Waals surface area contributed by atoms with Gasteiger partial charge in [-0.25, -0.2) is 4.98 Å². The molecule has 0 saturated heterocycles. The molecule has 0 aliphatic carbocycles. The third kappa shape index (κ3) is 2.45. The fourth-order valence-electron chi connectivity index (χ4n) is 2.59. The number of alkyl halides is 1. The molecule has 0 spiro atoms. The van der Waals surface area contributed by atoms with Gasteiger partial charge in [0.1, 0.15) is 22.9 Å². The van der Waals surface area contributed by atoms with E-state index in [0.717, 1.165) is 28.4 Å². The SMILES string of the molecule is Cc1ccc(C(C)n2c(C(C)Cl)nc3c(Cl)cccc32)o1. The number of aromatic nitrogens is 2. The maximum absolute atomic E-state index is 6.31. The molecule has 2 unspecified atom stereocenters. The van der Waals surface area contributed by atoms with E-state index in [4.69, 9.17) is 27.6 Å². The van der Waals surface area contributed by atoms with E-state index < -0.39 is 0 Å². The summed E-state index contributed by atoms with van der Waals surface area (Å²) in [6.07, 6.45) is 0. The number of aryl methyl sites for hydroxylation is 1. The average Bonchev–Trinajstić information content (AvgIpc) is 3.02. The standard InChI is InChI=1S/C16H16Cl2N2O/c1-9-7-8-14(21-9)11(3)20-13-6-4-5-12(18)15(13)19-16(20)10(2)17/h4-8,10-11H,1-3H3. The monoisotopic (exact) mass is 322 g/mol. The summed E-state index contributed by atoms with van der Waals surface area (Å²) in [5.41, 5.74) is 1.74. The van der Waals surface area contributed by atoms with Crippen LogP contribution in [0.5, 0.6) is 0 Å². The fraction of sp³-hybridized carbons (Fsp3) is 0.312. The fourth-order valence-corrected chi connectivity index (χ4v) is 2.96. The van der Waals surface area contributed by atoms with Crippen molar-refractivity contribution in [3.05, 3.63) is 52.7 Å². The van der Waals surface area contributed by atoms with Gasteiger partial charge in [-0.1, -0.05) is 17.7 Å². The smallest absolute Gasteiger partial charge is 0.128 e. The van der Waals surface area contributed by atoms with E-state index in [1.807, 2.05) is 44.2 Å². The van der Waals surface area contributed by atoms with E-state index in [-0.39, 0.29) is 11.4 Å². The Bertz CT molecular complexity index is 789. The van der Waals surface area contributed by atoms with Crippen molar-refractivity contribution in [1.82, 2.24) is 9.55 Å². The van der Waals surface area contributed by atoms with Gasteiger partial charge >= 0.3 is 0 Å². The highest BCUT2D eigenvalue weighted by Crippen LogP contribution is 2.33. The lowest BCUT2D eigenvalue weighted by molar-refractivity contribution is 0.427. The zero-order valence-electron chi connectivity index (χ0n) is 12.1.